The van der Waals surface area contributed by atoms with Crippen molar-refractivity contribution in [1.82, 2.24) is 10.3 Å². The molecule has 0 spiro atoms. The highest BCUT2D eigenvalue weighted by molar-refractivity contribution is 8.18. The number of hydrogen-bond acceptors (Lipinski definition) is 5. The molecule has 1 aromatic heterocycles. The van der Waals surface area contributed by atoms with Gasteiger partial charge in [-0.3, -0.25) is 19.9 Å². The smallest absolute Gasteiger partial charge is 0.290 e. The fraction of sp³-hybridized carbons (Fsp3) is 0. The molecule has 130 valence electrons. The summed E-state index contributed by atoms with van der Waals surface area (Å²) in [6, 6.07) is 19.1. The van der Waals surface area contributed by atoms with E-state index in [4.69, 9.17) is 4.42 Å². The number of fused-ring (bicyclic) bond motifs is 2. The Hall–Kier alpha value is -3.38. The van der Waals surface area contributed by atoms with Crippen LogP contribution in [-0.4, -0.2) is 16.1 Å². The molecule has 1 aliphatic carbocycles. The van der Waals surface area contributed by atoms with Crippen LogP contribution < -0.4 is 5.32 Å². The molecule has 27 heavy (non-hydrogen) atoms. The lowest BCUT2D eigenvalue weighted by Gasteiger charge is -2.12. The Kier molecular flexibility index (Phi) is 3.58. The summed E-state index contributed by atoms with van der Waals surface area (Å²) in [7, 11) is 0. The van der Waals surface area contributed by atoms with Crippen LogP contribution in [0.2, 0.25) is 0 Å². The van der Waals surface area contributed by atoms with Crippen molar-refractivity contribution in [3.63, 3.8) is 0 Å². The molecule has 0 radical (unpaired) electrons. The van der Waals surface area contributed by atoms with Crippen LogP contribution in [-0.2, 0) is 4.79 Å². The number of rotatable bonds is 2. The van der Waals surface area contributed by atoms with Crippen LogP contribution in [0.25, 0.3) is 27.8 Å². The lowest BCUT2D eigenvalue weighted by atomic mass is 9.99. The van der Waals surface area contributed by atoms with Crippen LogP contribution in [0, 0.1) is 0 Å². The molecule has 0 atom stereocenters. The van der Waals surface area contributed by atoms with Crippen molar-refractivity contribution in [1.29, 1.82) is 0 Å². The zero-order valence-corrected chi connectivity index (χ0v) is 14.7. The minimum absolute atomic E-state index is 0.331. The topological polar surface area (TPSA) is 72.2 Å². The monoisotopic (exact) mass is 372 g/mol. The molecule has 1 fully saturated rings. The number of amides is 2. The van der Waals surface area contributed by atoms with Crippen LogP contribution in [0.4, 0.5) is 4.79 Å². The van der Waals surface area contributed by atoms with Gasteiger partial charge in [-0.15, -0.1) is 0 Å². The minimum Gasteiger partial charge on any atom is -0.456 e. The average Bonchev–Trinajstić information content (AvgIpc) is 3.27. The summed E-state index contributed by atoms with van der Waals surface area (Å²) in [5, 5.41) is 2.89. The standard InChI is InChI=1S/C21H12N2O3S/c24-20-19(27-21(25)23-20)18(17-9-7-12-3-1-5-16(12)26-17)14-6-8-15-13(11-14)4-2-10-22-15/h1-11H,(H,23,24,25). The number of hydrogen-bond donors (Lipinski definition) is 1. The summed E-state index contributed by atoms with van der Waals surface area (Å²) >= 11 is 0.889. The Balaban J connectivity index is 1.78. The number of carbonyl (C=O) groups is 2. The van der Waals surface area contributed by atoms with E-state index in [9.17, 15) is 9.59 Å². The first-order chi connectivity index (χ1) is 13.2. The summed E-state index contributed by atoms with van der Waals surface area (Å²) < 4.78 is 6.05. The quantitative estimate of drug-likeness (QED) is 0.518. The molecule has 5 rings (SSSR count). The van der Waals surface area contributed by atoms with Crippen LogP contribution in [0.1, 0.15) is 11.3 Å². The van der Waals surface area contributed by atoms with E-state index in [-0.39, 0.29) is 5.24 Å². The second-order valence-electron chi connectivity index (χ2n) is 6.10. The van der Waals surface area contributed by atoms with Crippen molar-refractivity contribution < 1.29 is 14.0 Å². The summed E-state index contributed by atoms with van der Waals surface area (Å²) in [4.78, 5) is 28.8. The van der Waals surface area contributed by atoms with E-state index in [1.54, 1.807) is 6.20 Å². The van der Waals surface area contributed by atoms with Crippen molar-refractivity contribution in [2.24, 2.45) is 0 Å². The van der Waals surface area contributed by atoms with Crippen molar-refractivity contribution in [3.05, 3.63) is 83.1 Å². The normalized spacial score (nSPS) is 16.1. The van der Waals surface area contributed by atoms with Crippen molar-refractivity contribution in [2.45, 2.75) is 0 Å². The molecule has 3 heterocycles. The molecule has 1 aromatic carbocycles. The second kappa shape index (κ2) is 6.10. The van der Waals surface area contributed by atoms with E-state index in [0.717, 1.165) is 39.6 Å². The van der Waals surface area contributed by atoms with Crippen LogP contribution in [0.3, 0.4) is 0 Å². The molecular weight excluding hydrogens is 360 g/mol. The molecule has 5 nitrogen and oxygen atoms in total. The third kappa shape index (κ3) is 2.71. The zero-order chi connectivity index (χ0) is 18.4. The molecule has 3 aliphatic rings. The summed E-state index contributed by atoms with van der Waals surface area (Å²) in [6.45, 7) is 0. The van der Waals surface area contributed by atoms with Crippen LogP contribution >= 0.6 is 11.8 Å². The highest BCUT2D eigenvalue weighted by Crippen LogP contribution is 2.38. The number of carbonyl (C=O) groups excluding carboxylic acids is 2. The van der Waals surface area contributed by atoms with Crippen LogP contribution in [0.15, 0.2) is 76.2 Å². The number of thioether (sulfide) groups is 1. The predicted molar refractivity (Wildman–Crippen MR) is 104 cm³/mol. The third-order valence-electron chi connectivity index (χ3n) is 4.42. The number of imide groups is 1. The van der Waals surface area contributed by atoms with E-state index in [2.05, 4.69) is 10.3 Å². The van der Waals surface area contributed by atoms with E-state index >= 15 is 0 Å². The first-order valence-electron chi connectivity index (χ1n) is 8.30. The van der Waals surface area contributed by atoms with Gasteiger partial charge in [0.05, 0.1) is 10.4 Å². The molecule has 2 aromatic rings. The van der Waals surface area contributed by atoms with Gasteiger partial charge >= 0.3 is 0 Å². The van der Waals surface area contributed by atoms with Gasteiger partial charge in [0.15, 0.2) is 0 Å². The van der Waals surface area contributed by atoms with Gasteiger partial charge in [0, 0.05) is 22.7 Å². The summed E-state index contributed by atoms with van der Waals surface area (Å²) in [5.74, 6) is 0.844. The zero-order valence-electron chi connectivity index (χ0n) is 13.9. The van der Waals surface area contributed by atoms with E-state index in [1.807, 2.05) is 60.7 Å². The van der Waals surface area contributed by atoms with Gasteiger partial charge in [-0.2, -0.15) is 0 Å². The van der Waals surface area contributed by atoms with Gasteiger partial charge in [0.25, 0.3) is 11.1 Å². The predicted octanol–water partition coefficient (Wildman–Crippen LogP) is 4.68. The maximum Gasteiger partial charge on any atom is 0.290 e. The van der Waals surface area contributed by atoms with Crippen LogP contribution in [0.5, 0.6) is 0 Å². The Labute approximate surface area is 158 Å². The minimum atomic E-state index is -0.413. The molecular formula is C21H12N2O3S. The molecule has 2 amide bonds. The highest BCUT2D eigenvalue weighted by atomic mass is 32.2. The second-order valence-corrected chi connectivity index (χ2v) is 7.09. The van der Waals surface area contributed by atoms with E-state index in [0.29, 0.717) is 16.2 Å². The number of nitrogens with one attached hydrogen (secondary N) is 1. The van der Waals surface area contributed by atoms with Crippen molar-refractivity contribution in [2.75, 3.05) is 0 Å². The van der Waals surface area contributed by atoms with Crippen molar-refractivity contribution >= 4 is 39.4 Å². The fourth-order valence-electron chi connectivity index (χ4n) is 3.20. The van der Waals surface area contributed by atoms with Gasteiger partial charge < -0.3 is 4.42 Å². The maximum atomic E-state index is 12.4. The van der Waals surface area contributed by atoms with Gasteiger partial charge in [-0.25, -0.2) is 0 Å². The Bertz CT molecular complexity index is 1220. The Morgan fingerprint density at radius 1 is 1.00 bits per heavy atom. The van der Waals surface area contributed by atoms with E-state index < -0.39 is 5.91 Å². The van der Waals surface area contributed by atoms with Gasteiger partial charge in [-0.05, 0) is 53.7 Å². The molecule has 1 N–H and O–H groups in total. The third-order valence-corrected chi connectivity index (χ3v) is 5.30. The largest absolute Gasteiger partial charge is 0.456 e. The SMILES string of the molecule is O=C1NC(=O)C(=C(c2ccc3ncccc3c2)c2ccc3cccc-3o2)S1. The first-order valence-corrected chi connectivity index (χ1v) is 9.12. The molecule has 0 unspecified atom stereocenters. The molecule has 0 bridgehead atoms. The van der Waals surface area contributed by atoms with E-state index in [1.165, 1.54) is 0 Å². The molecule has 6 heteroatoms. The lowest BCUT2D eigenvalue weighted by Crippen LogP contribution is -2.18. The molecule has 2 aliphatic heterocycles. The Morgan fingerprint density at radius 3 is 2.78 bits per heavy atom. The van der Waals surface area contributed by atoms with Gasteiger partial charge in [0.2, 0.25) is 0 Å². The van der Waals surface area contributed by atoms with Gasteiger partial charge in [0.1, 0.15) is 11.5 Å². The summed E-state index contributed by atoms with van der Waals surface area (Å²) in [6.07, 6.45) is 1.74. The average molecular weight is 372 g/mol. The fourth-order valence-corrected chi connectivity index (χ4v) is 3.99. The lowest BCUT2D eigenvalue weighted by molar-refractivity contribution is -0.115. The molecule has 0 saturated carbocycles. The number of benzene rings is 1. The number of pyridine rings is 1. The number of nitrogens with zero attached hydrogens (tertiary/aromatic N) is 1. The Morgan fingerprint density at radius 2 is 1.93 bits per heavy atom. The first kappa shape index (κ1) is 15.8. The van der Waals surface area contributed by atoms with Crippen molar-refractivity contribution in [3.8, 4) is 11.3 Å². The van der Waals surface area contributed by atoms with Gasteiger partial charge in [-0.1, -0.05) is 24.3 Å². The summed E-state index contributed by atoms with van der Waals surface area (Å²) in [5.41, 5.74) is 3.22. The maximum absolute atomic E-state index is 12.4. The highest BCUT2D eigenvalue weighted by Gasteiger charge is 2.31. The molecule has 1 saturated heterocycles. The number of aromatic nitrogens is 1.